The minimum atomic E-state index is -0.163. The Morgan fingerprint density at radius 1 is 1.43 bits per heavy atom. The van der Waals surface area contributed by atoms with Crippen LogP contribution in [-0.4, -0.2) is 37.1 Å². The molecule has 1 unspecified atom stereocenters. The summed E-state index contributed by atoms with van der Waals surface area (Å²) in [5.74, 6) is 0.136. The number of likely N-dealkylation sites (N-methyl/N-ethyl adjacent to an activating group) is 1. The summed E-state index contributed by atoms with van der Waals surface area (Å²) in [4.78, 5) is 13.2. The molecule has 14 heavy (non-hydrogen) atoms. The molecule has 0 radical (unpaired) electrons. The van der Waals surface area contributed by atoms with Gasteiger partial charge < -0.3 is 9.64 Å². The maximum Gasteiger partial charge on any atom is 0.251 e. The third-order valence-corrected chi connectivity index (χ3v) is 2.31. The van der Waals surface area contributed by atoms with Crippen LogP contribution < -0.4 is 0 Å². The van der Waals surface area contributed by atoms with E-state index in [0.29, 0.717) is 0 Å². The maximum atomic E-state index is 11.5. The SMILES string of the molecule is CC.CCN(C)C(=O)C1CCCCO1. The molecule has 1 aliphatic rings. The number of rotatable bonds is 2. The van der Waals surface area contributed by atoms with E-state index >= 15 is 0 Å². The van der Waals surface area contributed by atoms with Gasteiger partial charge in [0.15, 0.2) is 0 Å². The van der Waals surface area contributed by atoms with E-state index < -0.39 is 0 Å². The van der Waals surface area contributed by atoms with E-state index in [4.69, 9.17) is 4.74 Å². The zero-order valence-corrected chi connectivity index (χ0v) is 9.88. The number of hydrogen-bond donors (Lipinski definition) is 0. The minimum absolute atomic E-state index is 0.136. The molecule has 0 aromatic carbocycles. The van der Waals surface area contributed by atoms with Crippen LogP contribution in [0.1, 0.15) is 40.0 Å². The van der Waals surface area contributed by atoms with Gasteiger partial charge in [0, 0.05) is 20.2 Å². The Bertz CT molecular complexity index is 153. The van der Waals surface area contributed by atoms with Crippen molar-refractivity contribution in [1.82, 2.24) is 4.90 Å². The van der Waals surface area contributed by atoms with Gasteiger partial charge in [-0.1, -0.05) is 13.8 Å². The first-order valence-electron chi connectivity index (χ1n) is 5.62. The molecule has 1 fully saturated rings. The van der Waals surface area contributed by atoms with Gasteiger partial charge in [0.25, 0.3) is 5.91 Å². The van der Waals surface area contributed by atoms with Crippen LogP contribution in [0.3, 0.4) is 0 Å². The maximum absolute atomic E-state index is 11.5. The Hall–Kier alpha value is -0.570. The van der Waals surface area contributed by atoms with Crippen molar-refractivity contribution in [3.63, 3.8) is 0 Å². The lowest BCUT2D eigenvalue weighted by Gasteiger charge is -2.25. The van der Waals surface area contributed by atoms with Gasteiger partial charge in [-0.2, -0.15) is 0 Å². The minimum Gasteiger partial charge on any atom is -0.368 e. The fourth-order valence-electron chi connectivity index (χ4n) is 1.34. The number of ether oxygens (including phenoxy) is 1. The standard InChI is InChI=1S/C9H17NO2.C2H6/c1-3-10(2)9(11)8-6-4-5-7-12-8;1-2/h8H,3-7H2,1-2H3;1-2H3. The van der Waals surface area contributed by atoms with E-state index in [-0.39, 0.29) is 12.0 Å². The van der Waals surface area contributed by atoms with Crippen LogP contribution in [0, 0.1) is 0 Å². The van der Waals surface area contributed by atoms with Crippen LogP contribution in [0.4, 0.5) is 0 Å². The van der Waals surface area contributed by atoms with Crippen molar-refractivity contribution in [1.29, 1.82) is 0 Å². The molecule has 1 atom stereocenters. The highest BCUT2D eigenvalue weighted by atomic mass is 16.5. The molecule has 0 N–H and O–H groups in total. The number of hydrogen-bond acceptors (Lipinski definition) is 2. The third kappa shape index (κ3) is 4.09. The van der Waals surface area contributed by atoms with Crippen LogP contribution in [0.5, 0.6) is 0 Å². The summed E-state index contributed by atoms with van der Waals surface area (Å²) >= 11 is 0. The molecule has 0 spiro atoms. The first kappa shape index (κ1) is 13.4. The lowest BCUT2D eigenvalue weighted by Crippen LogP contribution is -2.39. The lowest BCUT2D eigenvalue weighted by atomic mass is 10.1. The normalized spacial score (nSPS) is 20.7. The Balaban J connectivity index is 0.000000791. The van der Waals surface area contributed by atoms with Crippen LogP contribution >= 0.6 is 0 Å². The van der Waals surface area contributed by atoms with E-state index in [0.717, 1.165) is 32.4 Å². The predicted molar refractivity (Wildman–Crippen MR) is 58.3 cm³/mol. The van der Waals surface area contributed by atoms with E-state index in [1.54, 1.807) is 4.90 Å². The second-order valence-electron chi connectivity index (χ2n) is 3.21. The molecule has 1 rings (SSSR count). The van der Waals surface area contributed by atoms with Crippen LogP contribution in [0.25, 0.3) is 0 Å². The quantitative estimate of drug-likeness (QED) is 0.684. The average molecular weight is 201 g/mol. The largest absolute Gasteiger partial charge is 0.368 e. The van der Waals surface area contributed by atoms with Crippen LogP contribution in [-0.2, 0) is 9.53 Å². The highest BCUT2D eigenvalue weighted by Gasteiger charge is 2.23. The molecular weight excluding hydrogens is 178 g/mol. The van der Waals surface area contributed by atoms with Gasteiger partial charge in [0.1, 0.15) is 6.10 Å². The smallest absolute Gasteiger partial charge is 0.251 e. The van der Waals surface area contributed by atoms with E-state index in [2.05, 4.69) is 0 Å². The molecule has 1 saturated heterocycles. The average Bonchev–Trinajstić information content (AvgIpc) is 2.31. The van der Waals surface area contributed by atoms with E-state index in [9.17, 15) is 4.79 Å². The highest BCUT2D eigenvalue weighted by molar-refractivity contribution is 5.80. The molecule has 0 bridgehead atoms. The fraction of sp³-hybridized carbons (Fsp3) is 0.909. The Morgan fingerprint density at radius 3 is 2.50 bits per heavy atom. The van der Waals surface area contributed by atoms with Crippen LogP contribution in [0.2, 0.25) is 0 Å². The summed E-state index contributed by atoms with van der Waals surface area (Å²) in [6.45, 7) is 7.48. The molecule has 1 heterocycles. The second kappa shape index (κ2) is 7.80. The first-order chi connectivity index (χ1) is 6.75. The Morgan fingerprint density at radius 2 is 2.07 bits per heavy atom. The Kier molecular flexibility index (Phi) is 7.48. The van der Waals surface area contributed by atoms with Gasteiger partial charge in [-0.15, -0.1) is 0 Å². The van der Waals surface area contributed by atoms with Crippen molar-refractivity contribution in [2.24, 2.45) is 0 Å². The molecule has 3 nitrogen and oxygen atoms in total. The monoisotopic (exact) mass is 201 g/mol. The van der Waals surface area contributed by atoms with Gasteiger partial charge >= 0.3 is 0 Å². The second-order valence-corrected chi connectivity index (χ2v) is 3.21. The van der Waals surface area contributed by atoms with Crippen molar-refractivity contribution < 1.29 is 9.53 Å². The summed E-state index contributed by atoms with van der Waals surface area (Å²) in [6, 6.07) is 0. The van der Waals surface area contributed by atoms with Gasteiger partial charge in [-0.05, 0) is 26.2 Å². The lowest BCUT2D eigenvalue weighted by molar-refractivity contribution is -0.144. The van der Waals surface area contributed by atoms with Crippen molar-refractivity contribution in [2.75, 3.05) is 20.2 Å². The number of amides is 1. The van der Waals surface area contributed by atoms with Crippen molar-refractivity contribution in [3.8, 4) is 0 Å². The molecule has 1 amide bonds. The van der Waals surface area contributed by atoms with E-state index in [1.807, 2.05) is 27.8 Å². The van der Waals surface area contributed by atoms with Gasteiger partial charge in [-0.25, -0.2) is 0 Å². The van der Waals surface area contributed by atoms with Crippen molar-refractivity contribution >= 4 is 5.91 Å². The number of carbonyl (C=O) groups excluding carboxylic acids is 1. The molecule has 0 aliphatic carbocycles. The molecule has 1 aliphatic heterocycles. The molecule has 0 aromatic rings. The van der Waals surface area contributed by atoms with Gasteiger partial charge in [0.05, 0.1) is 0 Å². The predicted octanol–water partition coefficient (Wildman–Crippen LogP) is 2.06. The zero-order valence-electron chi connectivity index (χ0n) is 9.88. The summed E-state index contributed by atoms with van der Waals surface area (Å²) in [5, 5.41) is 0. The molecule has 0 saturated carbocycles. The number of carbonyl (C=O) groups is 1. The third-order valence-electron chi connectivity index (χ3n) is 2.31. The summed E-state index contributed by atoms with van der Waals surface area (Å²) in [6.07, 6.45) is 2.94. The summed E-state index contributed by atoms with van der Waals surface area (Å²) in [7, 11) is 1.82. The van der Waals surface area contributed by atoms with E-state index in [1.165, 1.54) is 0 Å². The topological polar surface area (TPSA) is 29.5 Å². The van der Waals surface area contributed by atoms with Crippen LogP contribution in [0.15, 0.2) is 0 Å². The number of nitrogens with zero attached hydrogens (tertiary/aromatic N) is 1. The highest BCUT2D eigenvalue weighted by Crippen LogP contribution is 2.14. The van der Waals surface area contributed by atoms with Crippen molar-refractivity contribution in [3.05, 3.63) is 0 Å². The van der Waals surface area contributed by atoms with Gasteiger partial charge in [0.2, 0.25) is 0 Å². The molecular formula is C11H23NO2. The summed E-state index contributed by atoms with van der Waals surface area (Å²) < 4.78 is 5.37. The first-order valence-corrected chi connectivity index (χ1v) is 5.62. The Labute approximate surface area is 87.4 Å². The van der Waals surface area contributed by atoms with Crippen molar-refractivity contribution in [2.45, 2.75) is 46.1 Å². The fourth-order valence-corrected chi connectivity index (χ4v) is 1.34. The molecule has 84 valence electrons. The summed E-state index contributed by atoms with van der Waals surface area (Å²) in [5.41, 5.74) is 0. The zero-order chi connectivity index (χ0) is 11.0. The van der Waals surface area contributed by atoms with Gasteiger partial charge in [-0.3, -0.25) is 4.79 Å². The molecule has 3 heteroatoms. The molecule has 0 aromatic heterocycles.